The van der Waals surface area contributed by atoms with Crippen LogP contribution in [0.15, 0.2) is 29.8 Å². The largest absolute Gasteiger partial charge is 0.493 e. The summed E-state index contributed by atoms with van der Waals surface area (Å²) in [7, 11) is 3.09. The minimum absolute atomic E-state index is 0.141. The van der Waals surface area contributed by atoms with Gasteiger partial charge in [0.05, 0.1) is 19.8 Å². The van der Waals surface area contributed by atoms with Crippen LogP contribution in [0.25, 0.3) is 0 Å². The Morgan fingerprint density at radius 3 is 2.57 bits per heavy atom. The predicted molar refractivity (Wildman–Crippen MR) is 85.2 cm³/mol. The second-order valence-corrected chi connectivity index (χ2v) is 4.67. The van der Waals surface area contributed by atoms with Crippen LogP contribution in [0, 0.1) is 0 Å². The molecule has 0 aliphatic carbocycles. The molecule has 0 aromatic heterocycles. The monoisotopic (exact) mass is 291 g/mol. The normalized spacial score (nSPS) is 11.1. The summed E-state index contributed by atoms with van der Waals surface area (Å²) in [6.07, 6.45) is 5.15. The second-order valence-electron chi connectivity index (χ2n) is 4.67. The number of benzene rings is 1. The molecule has 0 unspecified atom stereocenters. The van der Waals surface area contributed by atoms with Crippen LogP contribution in [0.3, 0.4) is 0 Å². The van der Waals surface area contributed by atoms with E-state index in [2.05, 4.69) is 25.2 Å². The first-order chi connectivity index (χ1) is 10.2. The molecule has 4 heteroatoms. The van der Waals surface area contributed by atoms with Gasteiger partial charge in [-0.25, -0.2) is 0 Å². The summed E-state index contributed by atoms with van der Waals surface area (Å²) in [5.74, 6) is 0.889. The molecule has 4 nitrogen and oxygen atoms in total. The van der Waals surface area contributed by atoms with Crippen LogP contribution in [0.2, 0.25) is 0 Å². The molecule has 1 N–H and O–H groups in total. The molecule has 0 saturated heterocycles. The standard InChI is InChI=1S/C17H25NO3/c1-5-8-13(6-2)11-12-18-17(19)14-9-7-10-15(20-3)16(14)21-4/h7-10H,5-6,11-12H2,1-4H3,(H,18,19)/b13-8+. The molecule has 0 saturated carbocycles. The fourth-order valence-corrected chi connectivity index (χ4v) is 2.21. The lowest BCUT2D eigenvalue weighted by atomic mass is 10.1. The van der Waals surface area contributed by atoms with Crippen molar-refractivity contribution in [1.29, 1.82) is 0 Å². The smallest absolute Gasteiger partial charge is 0.255 e. The Morgan fingerprint density at radius 1 is 1.24 bits per heavy atom. The highest BCUT2D eigenvalue weighted by atomic mass is 16.5. The number of carbonyl (C=O) groups is 1. The highest BCUT2D eigenvalue weighted by Crippen LogP contribution is 2.30. The number of hydrogen-bond donors (Lipinski definition) is 1. The Balaban J connectivity index is 2.70. The van der Waals surface area contributed by atoms with Crippen molar-refractivity contribution in [3.8, 4) is 11.5 Å². The van der Waals surface area contributed by atoms with Crippen molar-refractivity contribution >= 4 is 5.91 Å². The third-order valence-electron chi connectivity index (χ3n) is 3.33. The fourth-order valence-electron chi connectivity index (χ4n) is 2.21. The Morgan fingerprint density at radius 2 is 2.00 bits per heavy atom. The average molecular weight is 291 g/mol. The lowest BCUT2D eigenvalue weighted by molar-refractivity contribution is 0.0950. The van der Waals surface area contributed by atoms with Gasteiger partial charge in [0.15, 0.2) is 11.5 Å². The number of ether oxygens (including phenoxy) is 2. The summed E-state index contributed by atoms with van der Waals surface area (Å²) in [6, 6.07) is 5.29. The number of rotatable bonds is 8. The molecule has 0 heterocycles. The highest BCUT2D eigenvalue weighted by Gasteiger charge is 2.15. The van der Waals surface area contributed by atoms with Crippen LogP contribution in [0.1, 0.15) is 43.5 Å². The first kappa shape index (κ1) is 17.1. The number of nitrogens with one attached hydrogen (secondary N) is 1. The third kappa shape index (κ3) is 4.81. The summed E-state index contributed by atoms with van der Waals surface area (Å²) >= 11 is 0. The quantitative estimate of drug-likeness (QED) is 0.745. The first-order valence-electron chi connectivity index (χ1n) is 7.34. The minimum Gasteiger partial charge on any atom is -0.493 e. The SMILES string of the molecule is CC/C=C(\CC)CCNC(=O)c1cccc(OC)c1OC. The summed E-state index contributed by atoms with van der Waals surface area (Å²) in [4.78, 5) is 12.3. The van der Waals surface area contributed by atoms with Gasteiger partial charge in [0.2, 0.25) is 0 Å². The predicted octanol–water partition coefficient (Wildman–Crippen LogP) is 3.57. The van der Waals surface area contributed by atoms with E-state index in [4.69, 9.17) is 9.47 Å². The Hall–Kier alpha value is -1.97. The molecule has 0 radical (unpaired) electrons. The van der Waals surface area contributed by atoms with Crippen LogP contribution in [0.4, 0.5) is 0 Å². The van der Waals surface area contributed by atoms with Crippen LogP contribution in [0.5, 0.6) is 11.5 Å². The molecular formula is C17H25NO3. The van der Waals surface area contributed by atoms with Crippen molar-refractivity contribution in [2.45, 2.75) is 33.1 Å². The van der Waals surface area contributed by atoms with Gasteiger partial charge in [-0.3, -0.25) is 4.79 Å². The van der Waals surface area contributed by atoms with E-state index in [1.54, 1.807) is 25.3 Å². The molecule has 0 fully saturated rings. The zero-order valence-corrected chi connectivity index (χ0v) is 13.4. The van der Waals surface area contributed by atoms with Crippen molar-refractivity contribution in [3.05, 3.63) is 35.4 Å². The van der Waals surface area contributed by atoms with Gasteiger partial charge in [0.1, 0.15) is 0 Å². The molecular weight excluding hydrogens is 266 g/mol. The van der Waals surface area contributed by atoms with Crippen LogP contribution in [-0.4, -0.2) is 26.7 Å². The number of methoxy groups -OCH3 is 2. The number of allylic oxidation sites excluding steroid dienone is 1. The zero-order valence-electron chi connectivity index (χ0n) is 13.4. The first-order valence-corrected chi connectivity index (χ1v) is 7.34. The van der Waals surface area contributed by atoms with E-state index in [0.29, 0.717) is 23.6 Å². The van der Waals surface area contributed by atoms with Crippen LogP contribution < -0.4 is 14.8 Å². The molecule has 0 aliphatic heterocycles. The highest BCUT2D eigenvalue weighted by molar-refractivity contribution is 5.97. The van der Waals surface area contributed by atoms with Gasteiger partial charge in [0, 0.05) is 6.54 Å². The number of hydrogen-bond acceptors (Lipinski definition) is 3. The maximum atomic E-state index is 12.3. The molecule has 0 atom stereocenters. The number of amides is 1. The summed E-state index contributed by atoms with van der Waals surface area (Å²) < 4.78 is 10.5. The Kier molecular flexibility index (Phi) is 7.37. The van der Waals surface area contributed by atoms with Gasteiger partial charge in [-0.2, -0.15) is 0 Å². The molecule has 21 heavy (non-hydrogen) atoms. The molecule has 1 rings (SSSR count). The Labute approximate surface area is 127 Å². The van der Waals surface area contributed by atoms with Gasteiger partial charge >= 0.3 is 0 Å². The van der Waals surface area contributed by atoms with Crippen LogP contribution in [-0.2, 0) is 0 Å². The maximum absolute atomic E-state index is 12.3. The second kappa shape index (κ2) is 9.06. The van der Waals surface area contributed by atoms with E-state index in [0.717, 1.165) is 19.3 Å². The lowest BCUT2D eigenvalue weighted by Gasteiger charge is -2.13. The molecule has 0 aliphatic rings. The van der Waals surface area contributed by atoms with Crippen molar-refractivity contribution < 1.29 is 14.3 Å². The zero-order chi connectivity index (χ0) is 15.7. The summed E-state index contributed by atoms with van der Waals surface area (Å²) in [5.41, 5.74) is 1.87. The third-order valence-corrected chi connectivity index (χ3v) is 3.33. The summed E-state index contributed by atoms with van der Waals surface area (Å²) in [6.45, 7) is 4.88. The topological polar surface area (TPSA) is 47.6 Å². The minimum atomic E-state index is -0.141. The number of carbonyl (C=O) groups excluding carboxylic acids is 1. The van der Waals surface area contributed by atoms with Crippen LogP contribution >= 0.6 is 0 Å². The molecule has 1 amide bonds. The van der Waals surface area contributed by atoms with Crippen molar-refractivity contribution in [2.24, 2.45) is 0 Å². The van der Waals surface area contributed by atoms with Gasteiger partial charge in [-0.1, -0.05) is 31.6 Å². The van der Waals surface area contributed by atoms with Crippen molar-refractivity contribution in [2.75, 3.05) is 20.8 Å². The maximum Gasteiger partial charge on any atom is 0.255 e. The molecule has 0 bridgehead atoms. The van der Waals surface area contributed by atoms with E-state index in [1.165, 1.54) is 12.7 Å². The van der Waals surface area contributed by atoms with Gasteiger partial charge in [-0.05, 0) is 31.4 Å². The van der Waals surface area contributed by atoms with E-state index >= 15 is 0 Å². The van der Waals surface area contributed by atoms with E-state index in [-0.39, 0.29) is 5.91 Å². The molecule has 0 spiro atoms. The summed E-state index contributed by atoms with van der Waals surface area (Å²) in [5, 5.41) is 2.93. The van der Waals surface area contributed by atoms with Gasteiger partial charge in [-0.15, -0.1) is 0 Å². The molecule has 1 aromatic carbocycles. The fraction of sp³-hybridized carbons (Fsp3) is 0.471. The lowest BCUT2D eigenvalue weighted by Crippen LogP contribution is -2.25. The Bertz CT molecular complexity index is 495. The van der Waals surface area contributed by atoms with Crippen molar-refractivity contribution in [3.63, 3.8) is 0 Å². The molecule has 116 valence electrons. The van der Waals surface area contributed by atoms with E-state index in [9.17, 15) is 4.79 Å². The van der Waals surface area contributed by atoms with Crippen molar-refractivity contribution in [1.82, 2.24) is 5.32 Å². The van der Waals surface area contributed by atoms with E-state index in [1.807, 2.05) is 0 Å². The van der Waals surface area contributed by atoms with E-state index < -0.39 is 0 Å². The van der Waals surface area contributed by atoms with Gasteiger partial charge < -0.3 is 14.8 Å². The average Bonchev–Trinajstić information content (AvgIpc) is 2.52. The van der Waals surface area contributed by atoms with Gasteiger partial charge in [0.25, 0.3) is 5.91 Å². The molecule has 1 aromatic rings. The number of para-hydroxylation sites is 1.